The Labute approximate surface area is 202 Å². The normalized spacial score (nSPS) is 15.9. The first-order chi connectivity index (χ1) is 16.2. The van der Waals surface area contributed by atoms with Crippen molar-refractivity contribution in [1.82, 2.24) is 10.3 Å². The zero-order valence-corrected chi connectivity index (χ0v) is 20.7. The van der Waals surface area contributed by atoms with Crippen LogP contribution in [0.15, 0.2) is 65.8 Å². The second kappa shape index (κ2) is 9.49. The molecule has 1 heterocycles. The fourth-order valence-corrected chi connectivity index (χ4v) is 4.65. The molecule has 0 atom stereocenters. The van der Waals surface area contributed by atoms with Gasteiger partial charge in [0, 0.05) is 24.2 Å². The van der Waals surface area contributed by atoms with Crippen molar-refractivity contribution in [3.8, 4) is 11.3 Å². The van der Waals surface area contributed by atoms with Crippen molar-refractivity contribution in [3.63, 3.8) is 0 Å². The van der Waals surface area contributed by atoms with Gasteiger partial charge in [0.2, 0.25) is 0 Å². The molecule has 2 N–H and O–H groups in total. The highest BCUT2D eigenvalue weighted by Crippen LogP contribution is 2.46. The van der Waals surface area contributed by atoms with Crippen LogP contribution in [0.1, 0.15) is 63.1 Å². The second-order valence-electron chi connectivity index (χ2n) is 10.5. The zero-order valence-electron chi connectivity index (χ0n) is 20.7. The van der Waals surface area contributed by atoms with Crippen molar-refractivity contribution >= 4 is 11.7 Å². The fourth-order valence-electron chi connectivity index (χ4n) is 4.65. The summed E-state index contributed by atoms with van der Waals surface area (Å²) in [6.07, 6.45) is 7.34. The highest BCUT2D eigenvalue weighted by Gasteiger charge is 2.37. The monoisotopic (exact) mass is 457 g/mol. The first kappa shape index (κ1) is 23.8. The number of urea groups is 1. The molecule has 0 spiro atoms. The van der Waals surface area contributed by atoms with Gasteiger partial charge in [0.15, 0.2) is 5.89 Å². The molecule has 34 heavy (non-hydrogen) atoms. The number of fused-ring (bicyclic) bond motifs is 1. The van der Waals surface area contributed by atoms with E-state index in [4.69, 9.17) is 9.40 Å². The molecule has 0 fully saturated rings. The number of nitrogens with zero attached hydrogens (tertiary/aromatic N) is 1. The van der Waals surface area contributed by atoms with E-state index in [1.54, 1.807) is 12.3 Å². The third-order valence-electron chi connectivity index (χ3n) is 6.95. The van der Waals surface area contributed by atoms with E-state index < -0.39 is 0 Å². The largest absolute Gasteiger partial charge is 0.448 e. The number of carbonyl (C=O) groups is 1. The van der Waals surface area contributed by atoms with E-state index in [-0.39, 0.29) is 16.9 Å². The van der Waals surface area contributed by atoms with Crippen LogP contribution in [-0.4, -0.2) is 17.6 Å². The van der Waals surface area contributed by atoms with E-state index >= 15 is 0 Å². The van der Waals surface area contributed by atoms with Gasteiger partial charge in [0.25, 0.3) is 0 Å². The molecule has 178 valence electrons. The SMILES string of the molecule is C=CCNC(=O)Nc1ccc(CCc2nc(-c3ccc4c(c3)C(C)(C)CCC4(C)C)co2)cc1. The lowest BCUT2D eigenvalue weighted by atomic mass is 9.63. The molecule has 1 aromatic heterocycles. The molecule has 5 heteroatoms. The average molecular weight is 458 g/mol. The highest BCUT2D eigenvalue weighted by atomic mass is 16.3. The maximum Gasteiger partial charge on any atom is 0.319 e. The number of anilines is 1. The zero-order chi connectivity index (χ0) is 24.3. The van der Waals surface area contributed by atoms with Gasteiger partial charge in [0.05, 0.1) is 0 Å². The Morgan fingerprint density at radius 1 is 1.03 bits per heavy atom. The van der Waals surface area contributed by atoms with Crippen molar-refractivity contribution in [2.45, 2.75) is 64.2 Å². The number of benzene rings is 2. The maximum absolute atomic E-state index is 11.7. The summed E-state index contributed by atoms with van der Waals surface area (Å²) in [5.74, 6) is 0.735. The molecule has 1 aliphatic rings. The Balaban J connectivity index is 1.41. The molecule has 0 saturated heterocycles. The standard InChI is InChI=1S/C29H35N3O2/c1-6-17-30-27(33)31-22-11-7-20(8-12-22)9-14-26-32-25(19-34-26)21-10-13-23-24(18-21)29(4,5)16-15-28(23,2)3/h6-8,10-13,18-19H,1,9,14-17H2,2-5H3,(H2,30,31,33). The lowest BCUT2D eigenvalue weighted by molar-refractivity contribution is 0.253. The van der Waals surface area contributed by atoms with E-state index in [0.717, 1.165) is 41.2 Å². The summed E-state index contributed by atoms with van der Waals surface area (Å²) in [5, 5.41) is 5.50. The summed E-state index contributed by atoms with van der Waals surface area (Å²) in [6.45, 7) is 13.4. The van der Waals surface area contributed by atoms with Crippen LogP contribution < -0.4 is 10.6 Å². The lowest BCUT2D eigenvalue weighted by Crippen LogP contribution is -2.33. The smallest absolute Gasteiger partial charge is 0.319 e. The molecule has 2 amide bonds. The molecule has 4 rings (SSSR count). The summed E-state index contributed by atoms with van der Waals surface area (Å²) in [4.78, 5) is 16.5. The lowest BCUT2D eigenvalue weighted by Gasteiger charge is -2.42. The van der Waals surface area contributed by atoms with Crippen molar-refractivity contribution < 1.29 is 9.21 Å². The first-order valence-corrected chi connectivity index (χ1v) is 12.0. The van der Waals surface area contributed by atoms with Gasteiger partial charge in [-0.25, -0.2) is 9.78 Å². The van der Waals surface area contributed by atoms with Gasteiger partial charge in [0.1, 0.15) is 12.0 Å². The number of hydrogen-bond donors (Lipinski definition) is 2. The highest BCUT2D eigenvalue weighted by molar-refractivity contribution is 5.89. The van der Waals surface area contributed by atoms with Crippen LogP contribution in [0.25, 0.3) is 11.3 Å². The number of rotatable bonds is 7. The van der Waals surface area contributed by atoms with E-state index in [9.17, 15) is 4.79 Å². The summed E-state index contributed by atoms with van der Waals surface area (Å²) in [6, 6.07) is 14.4. The number of aryl methyl sites for hydroxylation is 2. The summed E-state index contributed by atoms with van der Waals surface area (Å²) in [5.41, 5.74) is 7.17. The molecule has 0 unspecified atom stereocenters. The average Bonchev–Trinajstić information content (AvgIpc) is 3.29. The van der Waals surface area contributed by atoms with Gasteiger partial charge in [-0.2, -0.15) is 0 Å². The fraction of sp³-hybridized carbons (Fsp3) is 0.379. The Kier molecular flexibility index (Phi) is 6.65. The van der Waals surface area contributed by atoms with Crippen LogP contribution in [0.3, 0.4) is 0 Å². The number of oxazole rings is 1. The van der Waals surface area contributed by atoms with Gasteiger partial charge in [-0.1, -0.05) is 58.0 Å². The Morgan fingerprint density at radius 2 is 1.74 bits per heavy atom. The molecule has 5 nitrogen and oxygen atoms in total. The minimum atomic E-state index is -0.242. The predicted octanol–water partition coefficient (Wildman–Crippen LogP) is 6.78. The second-order valence-corrected chi connectivity index (χ2v) is 10.5. The number of hydrogen-bond acceptors (Lipinski definition) is 3. The van der Waals surface area contributed by atoms with E-state index in [0.29, 0.717) is 6.54 Å². The van der Waals surface area contributed by atoms with Crippen LogP contribution in [0.2, 0.25) is 0 Å². The van der Waals surface area contributed by atoms with Gasteiger partial charge in [-0.15, -0.1) is 6.58 Å². The first-order valence-electron chi connectivity index (χ1n) is 12.0. The molecule has 0 radical (unpaired) electrons. The van der Waals surface area contributed by atoms with E-state index in [1.165, 1.54) is 24.0 Å². The van der Waals surface area contributed by atoms with Crippen molar-refractivity contribution in [2.75, 3.05) is 11.9 Å². The molecular weight excluding hydrogens is 422 g/mol. The van der Waals surface area contributed by atoms with Gasteiger partial charge < -0.3 is 15.1 Å². The van der Waals surface area contributed by atoms with Crippen LogP contribution in [0.5, 0.6) is 0 Å². The summed E-state index contributed by atoms with van der Waals surface area (Å²) in [7, 11) is 0. The van der Waals surface area contributed by atoms with Crippen LogP contribution in [0, 0.1) is 0 Å². The molecule has 2 aromatic carbocycles. The third-order valence-corrected chi connectivity index (χ3v) is 6.95. The minimum Gasteiger partial charge on any atom is -0.448 e. The molecule has 3 aromatic rings. The van der Waals surface area contributed by atoms with E-state index in [2.05, 4.69) is 63.1 Å². The quantitative estimate of drug-likeness (QED) is 0.384. The number of carbonyl (C=O) groups excluding carboxylic acids is 1. The number of amides is 2. The van der Waals surface area contributed by atoms with Crippen molar-refractivity contribution in [2.24, 2.45) is 0 Å². The summed E-state index contributed by atoms with van der Waals surface area (Å²) < 4.78 is 5.81. The maximum atomic E-state index is 11.7. The molecule has 1 aliphatic carbocycles. The molecule has 0 bridgehead atoms. The van der Waals surface area contributed by atoms with Crippen LogP contribution in [-0.2, 0) is 23.7 Å². The molecule has 0 saturated carbocycles. The van der Waals surface area contributed by atoms with Crippen LogP contribution >= 0.6 is 0 Å². The van der Waals surface area contributed by atoms with E-state index in [1.807, 2.05) is 24.3 Å². The van der Waals surface area contributed by atoms with Gasteiger partial charge in [-0.05, 0) is 65.0 Å². The molecular formula is C29H35N3O2. The van der Waals surface area contributed by atoms with Crippen molar-refractivity contribution in [1.29, 1.82) is 0 Å². The Bertz CT molecular complexity index is 1170. The van der Waals surface area contributed by atoms with Gasteiger partial charge >= 0.3 is 6.03 Å². The Hall–Kier alpha value is -3.34. The Morgan fingerprint density at radius 3 is 2.44 bits per heavy atom. The minimum absolute atomic E-state index is 0.167. The van der Waals surface area contributed by atoms with Crippen LogP contribution in [0.4, 0.5) is 10.5 Å². The third kappa shape index (κ3) is 5.24. The number of nitrogens with one attached hydrogen (secondary N) is 2. The summed E-state index contributed by atoms with van der Waals surface area (Å²) >= 11 is 0. The molecule has 0 aliphatic heterocycles. The van der Waals surface area contributed by atoms with Gasteiger partial charge in [-0.3, -0.25) is 0 Å². The topological polar surface area (TPSA) is 67.2 Å². The number of aromatic nitrogens is 1. The van der Waals surface area contributed by atoms with Crippen molar-refractivity contribution in [3.05, 3.63) is 84.0 Å². The predicted molar refractivity (Wildman–Crippen MR) is 138 cm³/mol.